The van der Waals surface area contributed by atoms with Gasteiger partial charge in [-0.2, -0.15) is 0 Å². The smallest absolute Gasteiger partial charge is 0.334 e. The van der Waals surface area contributed by atoms with E-state index in [0.717, 1.165) is 49.9 Å². The number of rotatable bonds is 13. The maximum atomic E-state index is 13.7. The van der Waals surface area contributed by atoms with Gasteiger partial charge in [-0.3, -0.25) is 0 Å². The molecule has 0 aliphatic heterocycles. The Balaban J connectivity index is 2.02. The van der Waals surface area contributed by atoms with Gasteiger partial charge in [0, 0.05) is 45.2 Å². The van der Waals surface area contributed by atoms with Gasteiger partial charge in [0.15, 0.2) is 0 Å². The van der Waals surface area contributed by atoms with Crippen LogP contribution >= 0.6 is 27.5 Å². The molecule has 0 saturated carbocycles. The summed E-state index contributed by atoms with van der Waals surface area (Å²) in [5.74, 6) is 0.0942. The Kier molecular flexibility index (Phi) is 12.0. The zero-order chi connectivity index (χ0) is 30.1. The van der Waals surface area contributed by atoms with E-state index in [1.165, 1.54) is 12.1 Å². The van der Waals surface area contributed by atoms with Crippen LogP contribution < -0.4 is 10.1 Å². The van der Waals surface area contributed by atoms with E-state index in [0.29, 0.717) is 47.5 Å². The summed E-state index contributed by atoms with van der Waals surface area (Å²) < 4.78 is 25.4. The molecule has 3 aromatic carbocycles. The average Bonchev–Trinajstić information content (AvgIpc) is 2.95. The summed E-state index contributed by atoms with van der Waals surface area (Å²) >= 11 is 10.1. The van der Waals surface area contributed by atoms with E-state index in [-0.39, 0.29) is 18.4 Å². The van der Waals surface area contributed by atoms with Crippen molar-refractivity contribution in [2.24, 2.45) is 0 Å². The lowest BCUT2D eigenvalue weighted by Crippen LogP contribution is -2.13. The molecule has 0 amide bonds. The minimum absolute atomic E-state index is 0.282. The third-order valence-electron chi connectivity index (χ3n) is 7.07. The molecule has 0 heterocycles. The molecule has 3 rings (SSSR count). The van der Waals surface area contributed by atoms with Crippen molar-refractivity contribution in [3.8, 4) is 5.75 Å². The summed E-state index contributed by atoms with van der Waals surface area (Å²) in [5.41, 5.74) is 7.15. The number of alkyl halides is 1. The highest BCUT2D eigenvalue weighted by atomic mass is 79.9. The van der Waals surface area contributed by atoms with Crippen LogP contribution in [0.3, 0.4) is 0 Å². The van der Waals surface area contributed by atoms with Crippen molar-refractivity contribution in [3.05, 3.63) is 99.5 Å². The van der Waals surface area contributed by atoms with Crippen molar-refractivity contribution < 1.29 is 18.7 Å². The lowest BCUT2D eigenvalue weighted by atomic mass is 9.86. The van der Waals surface area contributed by atoms with E-state index in [9.17, 15) is 9.18 Å². The molecule has 0 aliphatic carbocycles. The number of ether oxygens (including phenoxy) is 2. The Morgan fingerprint density at radius 2 is 1.88 bits per heavy atom. The highest BCUT2D eigenvalue weighted by molar-refractivity contribution is 9.09. The van der Waals surface area contributed by atoms with Crippen LogP contribution in [0, 0.1) is 12.7 Å². The lowest BCUT2D eigenvalue weighted by Gasteiger charge is -2.22. The van der Waals surface area contributed by atoms with Gasteiger partial charge in [-0.05, 0) is 98.0 Å². The molecule has 218 valence electrons. The molecule has 7 heteroatoms. The topological polar surface area (TPSA) is 47.6 Å². The van der Waals surface area contributed by atoms with E-state index in [4.69, 9.17) is 21.1 Å². The summed E-state index contributed by atoms with van der Waals surface area (Å²) in [6.45, 7) is 12.9. The van der Waals surface area contributed by atoms with E-state index in [1.807, 2.05) is 65.1 Å². The van der Waals surface area contributed by atoms with Gasteiger partial charge in [0.05, 0.1) is 6.61 Å². The first kappa shape index (κ1) is 32.4. The number of hydrogen-bond donors (Lipinski definition) is 1. The number of benzene rings is 3. The van der Waals surface area contributed by atoms with Crippen molar-refractivity contribution in [2.45, 2.75) is 47.0 Å². The highest BCUT2D eigenvalue weighted by Gasteiger charge is 2.22. The summed E-state index contributed by atoms with van der Waals surface area (Å²) in [6.07, 6.45) is 1.76. The third-order valence-corrected chi connectivity index (χ3v) is 7.71. The highest BCUT2D eigenvalue weighted by Crippen LogP contribution is 2.39. The lowest BCUT2D eigenvalue weighted by molar-refractivity contribution is -0.138. The van der Waals surface area contributed by atoms with Gasteiger partial charge in [0.1, 0.15) is 18.2 Å². The second-order valence-electron chi connectivity index (χ2n) is 9.83. The van der Waals surface area contributed by atoms with Crippen LogP contribution in [0.1, 0.15) is 56.7 Å². The second kappa shape index (κ2) is 15.2. The molecule has 0 fully saturated rings. The summed E-state index contributed by atoms with van der Waals surface area (Å²) in [4.78, 5) is 13.2. The van der Waals surface area contributed by atoms with Gasteiger partial charge in [-0.25, -0.2) is 9.18 Å². The molecule has 0 aliphatic rings. The fraction of sp³-hybridized carbons (Fsp3) is 0.324. The van der Waals surface area contributed by atoms with Crippen molar-refractivity contribution in [1.82, 2.24) is 5.32 Å². The predicted molar refractivity (Wildman–Crippen MR) is 173 cm³/mol. The molecular formula is C34H38BrClFNO3. The van der Waals surface area contributed by atoms with Crippen molar-refractivity contribution in [2.75, 3.05) is 25.6 Å². The van der Waals surface area contributed by atoms with Crippen LogP contribution in [-0.4, -0.2) is 31.6 Å². The number of allylic oxidation sites excluding steroid dienone is 4. The van der Waals surface area contributed by atoms with E-state index in [1.54, 1.807) is 6.07 Å². The van der Waals surface area contributed by atoms with Crippen molar-refractivity contribution in [1.29, 1.82) is 0 Å². The molecule has 0 atom stereocenters. The fourth-order valence-corrected chi connectivity index (χ4v) is 5.55. The van der Waals surface area contributed by atoms with Gasteiger partial charge in [-0.1, -0.05) is 59.2 Å². The van der Waals surface area contributed by atoms with Crippen LogP contribution in [0.5, 0.6) is 5.75 Å². The van der Waals surface area contributed by atoms with Crippen LogP contribution in [0.4, 0.5) is 4.39 Å². The molecule has 1 N–H and O–H groups in total. The number of nitrogens with one attached hydrogen (secondary N) is 1. The van der Waals surface area contributed by atoms with E-state index in [2.05, 4.69) is 27.8 Å². The van der Waals surface area contributed by atoms with Gasteiger partial charge in [0.2, 0.25) is 0 Å². The Morgan fingerprint density at radius 1 is 1.12 bits per heavy atom. The van der Waals surface area contributed by atoms with Gasteiger partial charge < -0.3 is 14.8 Å². The van der Waals surface area contributed by atoms with Crippen molar-refractivity contribution in [3.63, 3.8) is 0 Å². The summed E-state index contributed by atoms with van der Waals surface area (Å²) in [5, 5.41) is 6.05. The largest absolute Gasteiger partial charge is 0.493 e. The minimum Gasteiger partial charge on any atom is -0.493 e. The van der Waals surface area contributed by atoms with Crippen molar-refractivity contribution >= 4 is 55.4 Å². The fourth-order valence-electron chi connectivity index (χ4n) is 5.09. The second-order valence-corrected chi connectivity index (χ2v) is 11.0. The Hall–Kier alpha value is -3.09. The monoisotopic (exact) mass is 641 g/mol. The molecule has 0 aromatic heterocycles. The average molecular weight is 643 g/mol. The van der Waals surface area contributed by atoms with Crippen LogP contribution in [0.2, 0.25) is 5.02 Å². The summed E-state index contributed by atoms with van der Waals surface area (Å²) in [7, 11) is 1.87. The molecular weight excluding hydrogens is 605 g/mol. The number of hydrogen-bond acceptors (Lipinski definition) is 4. The first-order valence-corrected chi connectivity index (χ1v) is 15.2. The maximum absolute atomic E-state index is 13.7. The normalized spacial score (nSPS) is 12.5. The molecule has 0 saturated heterocycles. The third kappa shape index (κ3) is 7.81. The zero-order valence-corrected chi connectivity index (χ0v) is 26.8. The zero-order valence-electron chi connectivity index (χ0n) is 24.4. The number of carbonyl (C=O) groups is 1. The number of esters is 1. The maximum Gasteiger partial charge on any atom is 0.334 e. The van der Waals surface area contributed by atoms with Crippen LogP contribution in [0.15, 0.2) is 72.0 Å². The molecule has 4 nitrogen and oxygen atoms in total. The Morgan fingerprint density at radius 3 is 2.54 bits per heavy atom. The molecule has 0 unspecified atom stereocenters. The van der Waals surface area contributed by atoms with Crippen LogP contribution in [-0.2, 0) is 9.53 Å². The molecule has 3 aromatic rings. The quantitative estimate of drug-likeness (QED) is 0.0663. The first-order chi connectivity index (χ1) is 19.6. The van der Waals surface area contributed by atoms with Gasteiger partial charge >= 0.3 is 5.97 Å². The molecule has 0 radical (unpaired) electrons. The molecule has 0 bridgehead atoms. The van der Waals surface area contributed by atoms with Gasteiger partial charge in [-0.15, -0.1) is 0 Å². The number of fused-ring (bicyclic) bond motifs is 1. The van der Waals surface area contributed by atoms with Crippen LogP contribution in [0.25, 0.3) is 21.9 Å². The number of carbonyl (C=O) groups excluding carboxylic acids is 1. The van der Waals surface area contributed by atoms with E-state index >= 15 is 0 Å². The first-order valence-electron chi connectivity index (χ1n) is 13.7. The predicted octanol–water partition coefficient (Wildman–Crippen LogP) is 9.43. The minimum atomic E-state index is -0.322. The molecule has 41 heavy (non-hydrogen) atoms. The molecule has 0 spiro atoms. The Bertz CT molecular complexity index is 1490. The van der Waals surface area contributed by atoms with Gasteiger partial charge in [0.25, 0.3) is 0 Å². The Labute approximate surface area is 256 Å². The standard InChI is InChI=1S/C34H38BrClFNO3/c1-7-26(34(39)41-19-17-35)29(11-9-18-40-31-12-8-10-24-20-25(37)13-14-28(24)31)27-15-16-30(36)33(22(27)4)32(21(2)3)23(5)38-6/h8,10,12-16,20,38H,2,7,9,11,17-19H2,1,3-6H3/b29-26+,32-23+. The number of halogens is 3. The SMILES string of the molecule is C=C(C)/C(=C(/C)NC)c1c(Cl)ccc(/C(CCCOc2cccc3cc(F)ccc23)=C(\CC)C(=O)OCCBr)c1C. The van der Waals surface area contributed by atoms with E-state index < -0.39 is 0 Å². The summed E-state index contributed by atoms with van der Waals surface area (Å²) in [6, 6.07) is 14.1.